The molecule has 0 aliphatic carbocycles. The molecule has 1 aromatic heterocycles. The Balaban J connectivity index is 2.00. The molecule has 0 saturated heterocycles. The molecule has 116 valence electrons. The number of nitrogens with zero attached hydrogens (tertiary/aromatic N) is 2. The molecule has 0 atom stereocenters. The number of methoxy groups -OCH3 is 1. The van der Waals surface area contributed by atoms with Crippen LogP contribution in [0, 0.1) is 5.82 Å². The number of benzene rings is 2. The van der Waals surface area contributed by atoms with Gasteiger partial charge in [-0.3, -0.25) is 15.0 Å². The Morgan fingerprint density at radius 1 is 1.04 bits per heavy atom. The van der Waals surface area contributed by atoms with Gasteiger partial charge in [0, 0.05) is 11.6 Å². The van der Waals surface area contributed by atoms with E-state index in [1.165, 1.54) is 18.2 Å². The zero-order chi connectivity index (χ0) is 16.2. The van der Waals surface area contributed by atoms with Crippen LogP contribution in [0.4, 0.5) is 15.8 Å². The predicted octanol–water partition coefficient (Wildman–Crippen LogP) is 3.93. The first-order valence-corrected chi connectivity index (χ1v) is 6.80. The highest BCUT2D eigenvalue weighted by molar-refractivity contribution is 5.72. The van der Waals surface area contributed by atoms with E-state index in [0.29, 0.717) is 17.1 Å². The summed E-state index contributed by atoms with van der Waals surface area (Å²) in [6.45, 7) is 0. The van der Waals surface area contributed by atoms with Crippen LogP contribution < -0.4 is 10.3 Å². The van der Waals surface area contributed by atoms with Gasteiger partial charge in [-0.25, -0.2) is 4.39 Å². The number of H-pyrrole nitrogens is 2. The zero-order valence-corrected chi connectivity index (χ0v) is 12.2. The average Bonchev–Trinajstić information content (AvgIpc) is 2.94. The van der Waals surface area contributed by atoms with E-state index < -0.39 is 11.4 Å². The van der Waals surface area contributed by atoms with Crippen molar-refractivity contribution in [2.24, 2.45) is 10.2 Å². The van der Waals surface area contributed by atoms with E-state index in [4.69, 9.17) is 4.74 Å². The number of nitrogens with one attached hydrogen (secondary N) is 2. The highest BCUT2D eigenvalue weighted by Crippen LogP contribution is 2.28. The fourth-order valence-corrected chi connectivity index (χ4v) is 2.08. The lowest BCUT2D eigenvalue weighted by Gasteiger charge is -2.02. The Labute approximate surface area is 130 Å². The van der Waals surface area contributed by atoms with Crippen molar-refractivity contribution in [2.45, 2.75) is 0 Å². The number of aromatic nitrogens is 2. The summed E-state index contributed by atoms with van der Waals surface area (Å²) in [6, 6.07) is 12.8. The van der Waals surface area contributed by atoms with Crippen molar-refractivity contribution in [3.63, 3.8) is 0 Å². The number of hydrogen-bond acceptors (Lipinski definition) is 4. The summed E-state index contributed by atoms with van der Waals surface area (Å²) < 4.78 is 18.3. The molecule has 0 amide bonds. The van der Waals surface area contributed by atoms with Crippen LogP contribution in [0.1, 0.15) is 0 Å². The zero-order valence-electron chi connectivity index (χ0n) is 12.2. The van der Waals surface area contributed by atoms with Crippen LogP contribution in [0.3, 0.4) is 0 Å². The van der Waals surface area contributed by atoms with Crippen molar-refractivity contribution < 1.29 is 9.13 Å². The number of rotatable bonds is 4. The largest absolute Gasteiger partial charge is 0.497 e. The lowest BCUT2D eigenvalue weighted by Crippen LogP contribution is -1.96. The minimum Gasteiger partial charge on any atom is -0.497 e. The van der Waals surface area contributed by atoms with E-state index in [1.807, 2.05) is 6.07 Å². The minimum atomic E-state index is -0.419. The third kappa shape index (κ3) is 3.18. The third-order valence-corrected chi connectivity index (χ3v) is 3.18. The molecule has 0 bridgehead atoms. The molecular weight excluding hydrogens is 299 g/mol. The van der Waals surface area contributed by atoms with Crippen molar-refractivity contribution in [1.82, 2.24) is 10.2 Å². The molecule has 0 spiro atoms. The normalized spacial score (nSPS) is 11.0. The van der Waals surface area contributed by atoms with Gasteiger partial charge in [-0.1, -0.05) is 18.2 Å². The molecule has 0 unspecified atom stereocenters. The molecule has 0 saturated carbocycles. The van der Waals surface area contributed by atoms with Gasteiger partial charge in [-0.2, -0.15) is 5.11 Å². The topological polar surface area (TPSA) is 82.6 Å². The maximum Gasteiger partial charge on any atom is 0.292 e. The fraction of sp³-hybridized carbons (Fsp3) is 0.0625. The SMILES string of the molecule is COc1cccc(-c2[nH][nH]c(=O)c2N=Nc2cccc(F)c2)c1. The van der Waals surface area contributed by atoms with Crippen LogP contribution in [-0.4, -0.2) is 17.3 Å². The Hall–Kier alpha value is -3.22. The molecule has 1 heterocycles. The fourth-order valence-electron chi connectivity index (χ4n) is 2.08. The van der Waals surface area contributed by atoms with Crippen molar-refractivity contribution in [3.8, 4) is 17.0 Å². The molecule has 3 rings (SSSR count). The van der Waals surface area contributed by atoms with Crippen molar-refractivity contribution >= 4 is 11.4 Å². The maximum absolute atomic E-state index is 13.2. The van der Waals surface area contributed by atoms with Gasteiger partial charge in [0.1, 0.15) is 11.6 Å². The first-order chi connectivity index (χ1) is 11.2. The summed E-state index contributed by atoms with van der Waals surface area (Å²) in [6.07, 6.45) is 0. The molecule has 2 aromatic carbocycles. The Morgan fingerprint density at radius 3 is 2.65 bits per heavy atom. The maximum atomic E-state index is 13.2. The third-order valence-electron chi connectivity index (χ3n) is 3.18. The van der Waals surface area contributed by atoms with Crippen LogP contribution in [0.15, 0.2) is 63.6 Å². The number of hydrogen-bond donors (Lipinski definition) is 2. The van der Waals surface area contributed by atoms with E-state index in [2.05, 4.69) is 20.4 Å². The van der Waals surface area contributed by atoms with Gasteiger partial charge >= 0.3 is 0 Å². The first kappa shape index (κ1) is 14.7. The monoisotopic (exact) mass is 312 g/mol. The standard InChI is InChI=1S/C16H13FN4O2/c1-23-13-7-2-4-10(8-13)14-15(16(22)21-19-14)20-18-12-6-3-5-11(17)9-12/h2-9H,1H3,(H2,19,21,22). The highest BCUT2D eigenvalue weighted by atomic mass is 19.1. The average molecular weight is 312 g/mol. The van der Waals surface area contributed by atoms with Gasteiger partial charge in [0.2, 0.25) is 0 Å². The molecule has 0 aliphatic heterocycles. The minimum absolute atomic E-state index is 0.113. The van der Waals surface area contributed by atoms with Gasteiger partial charge in [-0.05, 0) is 24.3 Å². The van der Waals surface area contributed by atoms with E-state index in [0.717, 1.165) is 5.56 Å². The van der Waals surface area contributed by atoms with E-state index in [1.54, 1.807) is 31.4 Å². The van der Waals surface area contributed by atoms with E-state index >= 15 is 0 Å². The molecular formula is C16H13FN4O2. The van der Waals surface area contributed by atoms with Gasteiger partial charge in [0.05, 0.1) is 18.5 Å². The summed E-state index contributed by atoms with van der Waals surface area (Å²) in [5.41, 5.74) is 1.22. The van der Waals surface area contributed by atoms with Crippen molar-refractivity contribution in [2.75, 3.05) is 7.11 Å². The highest BCUT2D eigenvalue weighted by Gasteiger charge is 2.12. The van der Waals surface area contributed by atoms with Gasteiger partial charge < -0.3 is 4.74 Å². The van der Waals surface area contributed by atoms with Crippen LogP contribution >= 0.6 is 0 Å². The van der Waals surface area contributed by atoms with Crippen LogP contribution in [-0.2, 0) is 0 Å². The lowest BCUT2D eigenvalue weighted by molar-refractivity contribution is 0.415. The number of ether oxygens (including phenoxy) is 1. The molecule has 3 aromatic rings. The summed E-state index contributed by atoms with van der Waals surface area (Å²) in [7, 11) is 1.56. The van der Waals surface area contributed by atoms with Crippen molar-refractivity contribution in [3.05, 3.63) is 64.7 Å². The second-order valence-corrected chi connectivity index (χ2v) is 4.71. The van der Waals surface area contributed by atoms with Gasteiger partial charge in [-0.15, -0.1) is 5.11 Å². The van der Waals surface area contributed by atoms with Crippen LogP contribution in [0.2, 0.25) is 0 Å². The lowest BCUT2D eigenvalue weighted by atomic mass is 10.1. The summed E-state index contributed by atoms with van der Waals surface area (Å²) in [5, 5.41) is 13.1. The van der Waals surface area contributed by atoms with Gasteiger partial charge in [0.15, 0.2) is 5.69 Å². The second kappa shape index (κ2) is 6.27. The molecule has 0 aliphatic rings. The Morgan fingerprint density at radius 2 is 1.87 bits per heavy atom. The van der Waals surface area contributed by atoms with Gasteiger partial charge in [0.25, 0.3) is 5.56 Å². The molecule has 6 nitrogen and oxygen atoms in total. The second-order valence-electron chi connectivity index (χ2n) is 4.71. The molecule has 0 radical (unpaired) electrons. The predicted molar refractivity (Wildman–Crippen MR) is 84.0 cm³/mol. The molecule has 0 fully saturated rings. The van der Waals surface area contributed by atoms with Crippen LogP contribution in [0.25, 0.3) is 11.3 Å². The number of azo groups is 1. The molecule has 7 heteroatoms. The molecule has 2 N–H and O–H groups in total. The van der Waals surface area contributed by atoms with Crippen molar-refractivity contribution in [1.29, 1.82) is 0 Å². The Kier molecular flexibility index (Phi) is 4.01. The smallest absolute Gasteiger partial charge is 0.292 e. The quantitative estimate of drug-likeness (QED) is 0.715. The number of aromatic amines is 2. The Bertz CT molecular complexity index is 914. The number of halogens is 1. The van der Waals surface area contributed by atoms with Crippen LogP contribution in [0.5, 0.6) is 5.75 Å². The van der Waals surface area contributed by atoms with E-state index in [9.17, 15) is 9.18 Å². The summed E-state index contributed by atoms with van der Waals surface area (Å²) in [4.78, 5) is 11.9. The summed E-state index contributed by atoms with van der Waals surface area (Å²) >= 11 is 0. The summed E-state index contributed by atoms with van der Waals surface area (Å²) in [5.74, 6) is 0.231. The van der Waals surface area contributed by atoms with E-state index in [-0.39, 0.29) is 5.69 Å². The molecule has 23 heavy (non-hydrogen) atoms. The first-order valence-electron chi connectivity index (χ1n) is 6.80.